The number of hydrogen-bond acceptors (Lipinski definition) is 3. The molecular weight excluding hydrogens is 284 g/mol. The fourth-order valence-electron chi connectivity index (χ4n) is 2.73. The Morgan fingerprint density at radius 1 is 1.19 bits per heavy atom. The van der Waals surface area contributed by atoms with E-state index in [2.05, 4.69) is 24.3 Å². The van der Waals surface area contributed by atoms with Crippen molar-refractivity contribution in [2.75, 3.05) is 13.2 Å². The zero-order valence-corrected chi connectivity index (χ0v) is 12.4. The molecule has 0 saturated carbocycles. The molecule has 0 bridgehead atoms. The van der Waals surface area contributed by atoms with Crippen LogP contribution in [-0.2, 0) is 11.3 Å². The van der Waals surface area contributed by atoms with E-state index in [0.29, 0.717) is 25.3 Å². The zero-order valence-electron chi connectivity index (χ0n) is 11.6. The van der Waals surface area contributed by atoms with Crippen LogP contribution in [0.4, 0.5) is 0 Å². The summed E-state index contributed by atoms with van der Waals surface area (Å²) in [7, 11) is 0. The minimum atomic E-state index is 0. The second kappa shape index (κ2) is 6.73. The first-order valence-corrected chi connectivity index (χ1v) is 6.73. The third-order valence-electron chi connectivity index (χ3n) is 3.83. The summed E-state index contributed by atoms with van der Waals surface area (Å²) in [4.78, 5) is 0. The van der Waals surface area contributed by atoms with Crippen molar-refractivity contribution in [3.63, 3.8) is 0 Å². The first-order valence-electron chi connectivity index (χ1n) is 6.73. The van der Waals surface area contributed by atoms with Gasteiger partial charge < -0.3 is 10.5 Å². The molecule has 0 amide bonds. The second-order valence-corrected chi connectivity index (χ2v) is 5.01. The highest BCUT2D eigenvalue weighted by molar-refractivity contribution is 5.85. The van der Waals surface area contributed by atoms with Crippen molar-refractivity contribution in [1.82, 2.24) is 0 Å². The van der Waals surface area contributed by atoms with Crippen molar-refractivity contribution >= 4 is 12.4 Å². The average Bonchev–Trinajstić information content (AvgIpc) is 2.54. The van der Waals surface area contributed by atoms with E-state index in [1.165, 1.54) is 16.7 Å². The minimum Gasteiger partial charge on any atom is -0.376 e. The molecule has 1 atom stereocenters. The molecule has 0 radical (unpaired) electrons. The Morgan fingerprint density at radius 3 is 2.62 bits per heavy atom. The molecule has 3 rings (SSSR count). The molecule has 0 fully saturated rings. The number of benzene rings is 2. The summed E-state index contributed by atoms with van der Waals surface area (Å²) < 4.78 is 5.67. The van der Waals surface area contributed by atoms with Gasteiger partial charge in [-0.15, -0.1) is 12.4 Å². The highest BCUT2D eigenvalue weighted by Crippen LogP contribution is 2.33. The maximum absolute atomic E-state index is 8.87. The quantitative estimate of drug-likeness (QED) is 0.926. The molecule has 2 N–H and O–H groups in total. The number of ether oxygens (including phenoxy) is 1. The molecule has 3 nitrogen and oxygen atoms in total. The maximum Gasteiger partial charge on any atom is 0.0991 e. The molecule has 1 unspecified atom stereocenters. The van der Waals surface area contributed by atoms with Crippen LogP contribution in [0.5, 0.6) is 0 Å². The average molecular weight is 301 g/mol. The summed E-state index contributed by atoms with van der Waals surface area (Å²) in [6.45, 7) is 1.92. The maximum atomic E-state index is 8.87. The fourth-order valence-corrected chi connectivity index (χ4v) is 2.73. The molecule has 1 aliphatic heterocycles. The molecule has 0 saturated heterocycles. The van der Waals surface area contributed by atoms with E-state index in [9.17, 15) is 0 Å². The van der Waals surface area contributed by atoms with E-state index in [1.54, 1.807) is 0 Å². The van der Waals surface area contributed by atoms with E-state index in [-0.39, 0.29) is 18.3 Å². The lowest BCUT2D eigenvalue weighted by molar-refractivity contribution is 0.0932. The van der Waals surface area contributed by atoms with E-state index in [0.717, 1.165) is 5.56 Å². The van der Waals surface area contributed by atoms with Crippen molar-refractivity contribution in [2.45, 2.75) is 12.5 Å². The summed E-state index contributed by atoms with van der Waals surface area (Å²) in [6.07, 6.45) is 0. The van der Waals surface area contributed by atoms with E-state index in [1.807, 2.05) is 24.3 Å². The SMILES string of the molecule is Cl.N#Cc1ccc(-c2cccc3c2COCC3CN)cc1. The van der Waals surface area contributed by atoms with Crippen molar-refractivity contribution < 1.29 is 4.74 Å². The van der Waals surface area contributed by atoms with Gasteiger partial charge in [-0.2, -0.15) is 5.26 Å². The fraction of sp³-hybridized carbons (Fsp3) is 0.235. The Morgan fingerprint density at radius 2 is 1.95 bits per heavy atom. The van der Waals surface area contributed by atoms with Crippen LogP contribution >= 0.6 is 12.4 Å². The molecule has 21 heavy (non-hydrogen) atoms. The van der Waals surface area contributed by atoms with Gasteiger partial charge in [0.1, 0.15) is 0 Å². The second-order valence-electron chi connectivity index (χ2n) is 5.01. The number of hydrogen-bond donors (Lipinski definition) is 1. The van der Waals surface area contributed by atoms with Crippen LogP contribution in [-0.4, -0.2) is 13.2 Å². The molecule has 2 aromatic rings. The molecule has 1 heterocycles. The summed E-state index contributed by atoms with van der Waals surface area (Å²) in [5.74, 6) is 0.275. The molecule has 2 aromatic carbocycles. The van der Waals surface area contributed by atoms with E-state index < -0.39 is 0 Å². The Bertz CT molecular complexity index is 661. The lowest BCUT2D eigenvalue weighted by atomic mass is 9.87. The van der Waals surface area contributed by atoms with E-state index >= 15 is 0 Å². The number of nitriles is 1. The van der Waals surface area contributed by atoms with E-state index in [4.69, 9.17) is 15.7 Å². The van der Waals surface area contributed by atoms with Crippen LogP contribution in [0.25, 0.3) is 11.1 Å². The van der Waals surface area contributed by atoms with Gasteiger partial charge in [0.25, 0.3) is 0 Å². The van der Waals surface area contributed by atoms with Gasteiger partial charge in [0, 0.05) is 12.5 Å². The predicted octanol–water partition coefficient (Wildman–Crippen LogP) is 3.22. The molecule has 0 spiro atoms. The van der Waals surface area contributed by atoms with Crippen LogP contribution in [0.1, 0.15) is 22.6 Å². The van der Waals surface area contributed by atoms with Crippen LogP contribution in [0.2, 0.25) is 0 Å². The Labute approximate surface area is 130 Å². The van der Waals surface area contributed by atoms with Gasteiger partial charge in [-0.25, -0.2) is 0 Å². The number of nitrogens with two attached hydrogens (primary N) is 1. The largest absolute Gasteiger partial charge is 0.376 e. The monoisotopic (exact) mass is 300 g/mol. The summed E-state index contributed by atoms with van der Waals surface area (Å²) in [6, 6.07) is 16.1. The third-order valence-corrected chi connectivity index (χ3v) is 3.83. The Kier molecular flexibility index (Phi) is 4.98. The minimum absolute atomic E-state index is 0. The zero-order chi connectivity index (χ0) is 13.9. The lowest BCUT2D eigenvalue weighted by Gasteiger charge is -2.26. The normalized spacial score (nSPS) is 16.5. The van der Waals surface area contributed by atoms with Crippen LogP contribution in [0, 0.1) is 11.3 Å². The third kappa shape index (κ3) is 2.93. The first-order chi connectivity index (χ1) is 9.83. The lowest BCUT2D eigenvalue weighted by Crippen LogP contribution is -2.24. The van der Waals surface area contributed by atoms with Crippen LogP contribution in [0.15, 0.2) is 42.5 Å². The van der Waals surface area contributed by atoms with Gasteiger partial charge in [-0.3, -0.25) is 0 Å². The number of halogens is 1. The van der Waals surface area contributed by atoms with Crippen LogP contribution in [0.3, 0.4) is 0 Å². The number of fused-ring (bicyclic) bond motifs is 1. The topological polar surface area (TPSA) is 59.0 Å². The van der Waals surface area contributed by atoms with Crippen molar-refractivity contribution in [3.8, 4) is 17.2 Å². The Balaban J connectivity index is 0.00000161. The summed E-state index contributed by atoms with van der Waals surface area (Å²) in [5.41, 5.74) is 11.3. The highest BCUT2D eigenvalue weighted by Gasteiger charge is 2.21. The standard InChI is InChI=1S/C17H16N2O.ClH/c18-8-12-4-6-13(7-5-12)15-2-1-3-16-14(9-19)10-20-11-17(15)16;/h1-7,14H,9-11,19H2;1H. The molecule has 0 aromatic heterocycles. The molecule has 1 aliphatic rings. The van der Waals surface area contributed by atoms with Gasteiger partial charge >= 0.3 is 0 Å². The van der Waals surface area contributed by atoms with Gasteiger partial charge in [0.15, 0.2) is 0 Å². The van der Waals surface area contributed by atoms with Crippen LogP contribution < -0.4 is 5.73 Å². The van der Waals surface area contributed by atoms with Gasteiger partial charge in [-0.05, 0) is 34.4 Å². The van der Waals surface area contributed by atoms with Crippen molar-refractivity contribution in [3.05, 3.63) is 59.2 Å². The van der Waals surface area contributed by atoms with Crippen molar-refractivity contribution in [2.24, 2.45) is 5.73 Å². The van der Waals surface area contributed by atoms with Gasteiger partial charge in [-0.1, -0.05) is 30.3 Å². The van der Waals surface area contributed by atoms with Gasteiger partial charge in [0.05, 0.1) is 24.8 Å². The summed E-state index contributed by atoms with van der Waals surface area (Å²) >= 11 is 0. The van der Waals surface area contributed by atoms with Crippen molar-refractivity contribution in [1.29, 1.82) is 5.26 Å². The summed E-state index contributed by atoms with van der Waals surface area (Å²) in [5, 5.41) is 8.87. The molecular formula is C17H17ClN2O. The highest BCUT2D eigenvalue weighted by atomic mass is 35.5. The number of nitrogens with zero attached hydrogens (tertiary/aromatic N) is 1. The smallest absolute Gasteiger partial charge is 0.0991 e. The molecule has 108 valence electrons. The first kappa shape index (κ1) is 15.5. The molecule has 4 heteroatoms. The number of rotatable bonds is 2. The molecule has 0 aliphatic carbocycles. The predicted molar refractivity (Wildman–Crippen MR) is 85.3 cm³/mol. The Hall–Kier alpha value is -1.86. The van der Waals surface area contributed by atoms with Gasteiger partial charge in [0.2, 0.25) is 0 Å².